The van der Waals surface area contributed by atoms with Crippen molar-refractivity contribution in [2.45, 2.75) is 31.8 Å². The van der Waals surface area contributed by atoms with Crippen LogP contribution in [0.3, 0.4) is 0 Å². The van der Waals surface area contributed by atoms with Gasteiger partial charge < -0.3 is 15.1 Å². The Balaban J connectivity index is 2.06. The van der Waals surface area contributed by atoms with E-state index in [-0.39, 0.29) is 0 Å². The largest absolute Gasteiger partial charge is 0.315 e. The first-order valence-corrected chi connectivity index (χ1v) is 7.95. The van der Waals surface area contributed by atoms with E-state index in [0.29, 0.717) is 12.1 Å². The highest BCUT2D eigenvalue weighted by Gasteiger charge is 2.28. The third kappa shape index (κ3) is 3.99. The van der Waals surface area contributed by atoms with E-state index in [1.807, 2.05) is 0 Å². The van der Waals surface area contributed by atoms with Crippen LogP contribution < -0.4 is 5.32 Å². The molecule has 1 fully saturated rings. The van der Waals surface area contributed by atoms with Crippen LogP contribution in [0.2, 0.25) is 0 Å². The Bertz CT molecular complexity index is 393. The maximum absolute atomic E-state index is 4.61. The van der Waals surface area contributed by atoms with Gasteiger partial charge in [0.2, 0.25) is 0 Å². The molecule has 0 bridgehead atoms. The van der Waals surface area contributed by atoms with Gasteiger partial charge in [-0.05, 0) is 47.6 Å². The molecular weight excluding hydrogens is 256 g/mol. The molecular formula is C14H26N4S. The smallest absolute Gasteiger partial charge is 0.0897 e. The standard InChI is InChI=1S/C14H26N4S/c1-11-16-12(10-19-11)8-13(15-2)14-9-17(3)6-5-7-18(14)4/h10,13-15H,5-9H2,1-4H3. The number of hydrogen-bond acceptors (Lipinski definition) is 5. The number of rotatable bonds is 4. The topological polar surface area (TPSA) is 31.4 Å². The van der Waals surface area contributed by atoms with Crippen molar-refractivity contribution in [2.24, 2.45) is 0 Å². The summed E-state index contributed by atoms with van der Waals surface area (Å²) in [6.07, 6.45) is 2.28. The molecule has 1 N–H and O–H groups in total. The van der Waals surface area contributed by atoms with Crippen molar-refractivity contribution in [2.75, 3.05) is 40.8 Å². The van der Waals surface area contributed by atoms with Crippen LogP contribution in [0.4, 0.5) is 0 Å². The Hall–Kier alpha value is -0.490. The summed E-state index contributed by atoms with van der Waals surface area (Å²) in [6.45, 7) is 5.59. The molecule has 4 nitrogen and oxygen atoms in total. The molecule has 108 valence electrons. The van der Waals surface area contributed by atoms with E-state index in [4.69, 9.17) is 0 Å². The lowest BCUT2D eigenvalue weighted by Crippen LogP contribution is -2.52. The summed E-state index contributed by atoms with van der Waals surface area (Å²) < 4.78 is 0. The van der Waals surface area contributed by atoms with E-state index >= 15 is 0 Å². The molecule has 2 rings (SSSR count). The summed E-state index contributed by atoms with van der Waals surface area (Å²) in [7, 11) is 6.55. The van der Waals surface area contributed by atoms with Gasteiger partial charge in [-0.25, -0.2) is 4.98 Å². The zero-order valence-electron chi connectivity index (χ0n) is 12.5. The predicted octanol–water partition coefficient (Wildman–Crippen LogP) is 1.22. The number of nitrogens with one attached hydrogen (secondary N) is 1. The van der Waals surface area contributed by atoms with Crippen molar-refractivity contribution in [3.05, 3.63) is 16.1 Å². The lowest BCUT2D eigenvalue weighted by atomic mass is 10.0. The van der Waals surface area contributed by atoms with Crippen LogP contribution in [-0.4, -0.2) is 67.6 Å². The highest BCUT2D eigenvalue weighted by Crippen LogP contribution is 2.16. The van der Waals surface area contributed by atoms with Crippen molar-refractivity contribution in [3.63, 3.8) is 0 Å². The fraction of sp³-hybridized carbons (Fsp3) is 0.786. The molecule has 2 atom stereocenters. The molecule has 0 saturated carbocycles. The molecule has 2 unspecified atom stereocenters. The summed E-state index contributed by atoms with van der Waals surface area (Å²) in [5.41, 5.74) is 1.22. The zero-order valence-corrected chi connectivity index (χ0v) is 13.3. The van der Waals surface area contributed by atoms with Gasteiger partial charge >= 0.3 is 0 Å². The fourth-order valence-electron chi connectivity index (χ4n) is 2.90. The quantitative estimate of drug-likeness (QED) is 0.900. The summed E-state index contributed by atoms with van der Waals surface area (Å²) in [6, 6.07) is 1.02. The summed E-state index contributed by atoms with van der Waals surface area (Å²) in [5.74, 6) is 0. The minimum absolute atomic E-state index is 0.465. The van der Waals surface area contributed by atoms with Crippen molar-refractivity contribution in [1.82, 2.24) is 20.1 Å². The Morgan fingerprint density at radius 3 is 2.89 bits per heavy atom. The number of nitrogens with zero attached hydrogens (tertiary/aromatic N) is 3. The molecule has 2 heterocycles. The van der Waals surface area contributed by atoms with Gasteiger partial charge in [0.1, 0.15) is 0 Å². The van der Waals surface area contributed by atoms with Gasteiger partial charge in [-0.1, -0.05) is 0 Å². The molecule has 0 aromatic carbocycles. The van der Waals surface area contributed by atoms with Gasteiger partial charge in [0.15, 0.2) is 0 Å². The van der Waals surface area contributed by atoms with Crippen LogP contribution in [0.15, 0.2) is 5.38 Å². The van der Waals surface area contributed by atoms with Crippen molar-refractivity contribution in [1.29, 1.82) is 0 Å². The van der Waals surface area contributed by atoms with Crippen LogP contribution in [0.5, 0.6) is 0 Å². The average molecular weight is 282 g/mol. The van der Waals surface area contributed by atoms with Gasteiger partial charge in [0.25, 0.3) is 0 Å². The van der Waals surface area contributed by atoms with Crippen LogP contribution >= 0.6 is 11.3 Å². The lowest BCUT2D eigenvalue weighted by Gasteiger charge is -2.34. The molecule has 0 radical (unpaired) electrons. The second-order valence-corrected chi connectivity index (χ2v) is 6.68. The van der Waals surface area contributed by atoms with Gasteiger partial charge in [0, 0.05) is 30.4 Å². The monoisotopic (exact) mass is 282 g/mol. The second-order valence-electron chi connectivity index (χ2n) is 5.62. The number of aromatic nitrogens is 1. The average Bonchev–Trinajstić information content (AvgIpc) is 2.70. The molecule has 0 spiro atoms. The molecule has 0 amide bonds. The van der Waals surface area contributed by atoms with Gasteiger partial charge in [-0.2, -0.15) is 0 Å². The first-order chi connectivity index (χ1) is 9.10. The second kappa shape index (κ2) is 6.79. The minimum atomic E-state index is 0.465. The Labute approximate surface area is 120 Å². The van der Waals surface area contributed by atoms with E-state index in [1.165, 1.54) is 25.2 Å². The van der Waals surface area contributed by atoms with E-state index < -0.39 is 0 Å². The first-order valence-electron chi connectivity index (χ1n) is 7.07. The molecule has 1 saturated heterocycles. The summed E-state index contributed by atoms with van der Waals surface area (Å²) in [4.78, 5) is 9.56. The molecule has 19 heavy (non-hydrogen) atoms. The van der Waals surface area contributed by atoms with E-state index in [2.05, 4.69) is 53.5 Å². The summed E-state index contributed by atoms with van der Waals surface area (Å²) in [5, 5.41) is 6.86. The number of likely N-dealkylation sites (N-methyl/N-ethyl adjacent to an activating group) is 3. The molecule has 0 aliphatic carbocycles. The van der Waals surface area contributed by atoms with E-state index in [9.17, 15) is 0 Å². The predicted molar refractivity (Wildman–Crippen MR) is 81.9 cm³/mol. The van der Waals surface area contributed by atoms with Crippen molar-refractivity contribution >= 4 is 11.3 Å². The van der Waals surface area contributed by atoms with Gasteiger partial charge in [0.05, 0.1) is 10.7 Å². The molecule has 1 aliphatic rings. The van der Waals surface area contributed by atoms with Crippen molar-refractivity contribution < 1.29 is 0 Å². The maximum Gasteiger partial charge on any atom is 0.0897 e. The maximum atomic E-state index is 4.61. The number of hydrogen-bond donors (Lipinski definition) is 1. The highest BCUT2D eigenvalue weighted by atomic mass is 32.1. The Morgan fingerprint density at radius 1 is 1.47 bits per heavy atom. The van der Waals surface area contributed by atoms with E-state index in [0.717, 1.165) is 18.0 Å². The van der Waals surface area contributed by atoms with Crippen LogP contribution in [0.1, 0.15) is 17.1 Å². The van der Waals surface area contributed by atoms with Gasteiger partial charge in [-0.15, -0.1) is 11.3 Å². The lowest BCUT2D eigenvalue weighted by molar-refractivity contribution is 0.181. The van der Waals surface area contributed by atoms with Gasteiger partial charge in [-0.3, -0.25) is 0 Å². The number of aryl methyl sites for hydroxylation is 1. The molecule has 1 aromatic heterocycles. The first kappa shape index (κ1) is 14.9. The van der Waals surface area contributed by atoms with Crippen LogP contribution in [0, 0.1) is 6.92 Å². The molecule has 1 aromatic rings. The van der Waals surface area contributed by atoms with E-state index in [1.54, 1.807) is 11.3 Å². The number of thiazole rings is 1. The Morgan fingerprint density at radius 2 is 2.26 bits per heavy atom. The summed E-state index contributed by atoms with van der Waals surface area (Å²) >= 11 is 1.75. The molecule has 5 heteroatoms. The zero-order chi connectivity index (χ0) is 13.8. The molecule has 1 aliphatic heterocycles. The fourth-order valence-corrected chi connectivity index (χ4v) is 3.52. The van der Waals surface area contributed by atoms with Crippen LogP contribution in [0.25, 0.3) is 0 Å². The van der Waals surface area contributed by atoms with Crippen LogP contribution in [-0.2, 0) is 6.42 Å². The SMILES string of the molecule is CNC(Cc1csc(C)n1)C1CN(C)CCCN1C. The Kier molecular flexibility index (Phi) is 5.33. The normalized spacial score (nSPS) is 24.3. The minimum Gasteiger partial charge on any atom is -0.315 e. The third-order valence-corrected chi connectivity index (χ3v) is 4.87. The highest BCUT2D eigenvalue weighted by molar-refractivity contribution is 7.09. The third-order valence-electron chi connectivity index (χ3n) is 4.05. The van der Waals surface area contributed by atoms with Crippen molar-refractivity contribution in [3.8, 4) is 0 Å².